The van der Waals surface area contributed by atoms with E-state index in [0.717, 1.165) is 64.2 Å². The molecule has 4 nitrogen and oxygen atoms in total. The summed E-state index contributed by atoms with van der Waals surface area (Å²) in [5.74, 6) is -0.694. The van der Waals surface area contributed by atoms with Gasteiger partial charge in [-0.15, -0.1) is 0 Å². The summed E-state index contributed by atoms with van der Waals surface area (Å²) >= 11 is 0. The lowest BCUT2D eigenvalue weighted by atomic mass is 10.0. The molecule has 0 aliphatic rings. The molecule has 0 aliphatic carbocycles. The Bertz CT molecular complexity index is 547. The van der Waals surface area contributed by atoms with E-state index in [-0.39, 0.29) is 18.5 Å². The lowest BCUT2D eigenvalue weighted by Gasteiger charge is -2.18. The molecule has 0 saturated heterocycles. The fourth-order valence-corrected chi connectivity index (χ4v) is 5.83. The number of aliphatic carboxylic acids is 1. The molecule has 0 heterocycles. The first kappa shape index (κ1) is 39.9. The Balaban J connectivity index is 3.86. The molecule has 1 atom stereocenters. The summed E-state index contributed by atoms with van der Waals surface area (Å²) in [6.07, 6.45) is 38.4. The molecule has 244 valence electrons. The molecule has 0 saturated carbocycles. The first-order chi connectivity index (χ1) is 20.1. The Morgan fingerprint density at radius 1 is 0.439 bits per heavy atom. The highest BCUT2D eigenvalue weighted by molar-refractivity contribution is 5.69. The molecule has 0 aromatic heterocycles. The van der Waals surface area contributed by atoms with E-state index in [9.17, 15) is 9.59 Å². The summed E-state index contributed by atoms with van der Waals surface area (Å²) in [5, 5.41) is 8.78. The predicted octanol–water partition coefficient (Wildman–Crippen LogP) is 12.5. The maximum absolute atomic E-state index is 12.6. The van der Waals surface area contributed by atoms with Gasteiger partial charge in [0.25, 0.3) is 0 Å². The van der Waals surface area contributed by atoms with Crippen molar-refractivity contribution in [1.29, 1.82) is 0 Å². The van der Waals surface area contributed by atoms with Gasteiger partial charge in [0.15, 0.2) is 0 Å². The van der Waals surface area contributed by atoms with Gasteiger partial charge in [-0.3, -0.25) is 9.59 Å². The van der Waals surface area contributed by atoms with Crippen LogP contribution in [-0.4, -0.2) is 23.1 Å². The third-order valence-electron chi connectivity index (χ3n) is 8.58. The maximum atomic E-state index is 12.6. The van der Waals surface area contributed by atoms with Gasteiger partial charge in [-0.1, -0.05) is 168 Å². The molecule has 0 bridgehead atoms. The number of rotatable bonds is 34. The standard InChI is InChI=1S/C37H72O4/c1-3-5-7-9-11-12-13-14-15-16-17-18-19-21-26-30-34-37(40)41-35(31-27-23-20-10-8-6-4-2)32-28-24-22-25-29-33-36(38)39/h35H,3-34H2,1-2H3,(H,38,39). The van der Waals surface area contributed by atoms with Gasteiger partial charge in [0.2, 0.25) is 0 Å². The monoisotopic (exact) mass is 581 g/mol. The van der Waals surface area contributed by atoms with Crippen molar-refractivity contribution in [3.63, 3.8) is 0 Å². The van der Waals surface area contributed by atoms with Crippen molar-refractivity contribution in [2.24, 2.45) is 0 Å². The molecule has 0 fully saturated rings. The summed E-state index contributed by atoms with van der Waals surface area (Å²) < 4.78 is 5.96. The second kappa shape index (κ2) is 33.4. The zero-order chi connectivity index (χ0) is 30.1. The van der Waals surface area contributed by atoms with Crippen molar-refractivity contribution in [3.8, 4) is 0 Å². The van der Waals surface area contributed by atoms with Gasteiger partial charge in [-0.05, 0) is 38.5 Å². The van der Waals surface area contributed by atoms with E-state index in [1.807, 2.05) is 0 Å². The number of hydrogen-bond acceptors (Lipinski definition) is 3. The minimum Gasteiger partial charge on any atom is -0.481 e. The molecule has 0 spiro atoms. The highest BCUT2D eigenvalue weighted by Crippen LogP contribution is 2.19. The van der Waals surface area contributed by atoms with Crippen LogP contribution in [0.3, 0.4) is 0 Å². The molecule has 0 aliphatic heterocycles. The number of carbonyl (C=O) groups is 2. The van der Waals surface area contributed by atoms with Gasteiger partial charge < -0.3 is 9.84 Å². The number of ether oxygens (including phenoxy) is 1. The number of carboxylic acid groups (broad SMARTS) is 1. The van der Waals surface area contributed by atoms with E-state index in [4.69, 9.17) is 9.84 Å². The molecule has 0 radical (unpaired) electrons. The molecular weight excluding hydrogens is 508 g/mol. The normalized spacial score (nSPS) is 12.0. The van der Waals surface area contributed by atoms with Crippen molar-refractivity contribution in [1.82, 2.24) is 0 Å². The van der Waals surface area contributed by atoms with Crippen molar-refractivity contribution in [2.45, 2.75) is 225 Å². The molecule has 41 heavy (non-hydrogen) atoms. The third kappa shape index (κ3) is 33.3. The Morgan fingerprint density at radius 3 is 1.07 bits per heavy atom. The van der Waals surface area contributed by atoms with E-state index >= 15 is 0 Å². The van der Waals surface area contributed by atoms with E-state index < -0.39 is 5.97 Å². The van der Waals surface area contributed by atoms with Crippen LogP contribution in [-0.2, 0) is 14.3 Å². The number of carboxylic acids is 1. The van der Waals surface area contributed by atoms with Crippen molar-refractivity contribution >= 4 is 11.9 Å². The van der Waals surface area contributed by atoms with Gasteiger partial charge in [0.05, 0.1) is 0 Å². The van der Waals surface area contributed by atoms with E-state index in [2.05, 4.69) is 13.8 Å². The molecule has 0 rings (SSSR count). The van der Waals surface area contributed by atoms with Gasteiger partial charge in [-0.25, -0.2) is 0 Å². The molecule has 1 unspecified atom stereocenters. The van der Waals surface area contributed by atoms with Crippen LogP contribution in [0.15, 0.2) is 0 Å². The number of unbranched alkanes of at least 4 members (excludes halogenated alkanes) is 25. The van der Waals surface area contributed by atoms with Gasteiger partial charge >= 0.3 is 11.9 Å². The topological polar surface area (TPSA) is 63.6 Å². The number of hydrogen-bond donors (Lipinski definition) is 1. The average molecular weight is 581 g/mol. The minimum atomic E-state index is -0.698. The third-order valence-corrected chi connectivity index (χ3v) is 8.58. The molecule has 0 aromatic rings. The highest BCUT2D eigenvalue weighted by atomic mass is 16.5. The smallest absolute Gasteiger partial charge is 0.306 e. The molecule has 0 amide bonds. The van der Waals surface area contributed by atoms with Gasteiger partial charge in [-0.2, -0.15) is 0 Å². The SMILES string of the molecule is CCCCCCCCCCCCCCCCCCC(=O)OC(CCCCCCCCC)CCCCCCCC(=O)O. The van der Waals surface area contributed by atoms with Crippen LogP contribution in [0.25, 0.3) is 0 Å². The van der Waals surface area contributed by atoms with Crippen LogP contribution in [0, 0.1) is 0 Å². The Labute approximate surface area is 256 Å². The summed E-state index contributed by atoms with van der Waals surface area (Å²) in [6.45, 7) is 4.54. The zero-order valence-electron chi connectivity index (χ0n) is 27.9. The van der Waals surface area contributed by atoms with Crippen LogP contribution in [0.2, 0.25) is 0 Å². The van der Waals surface area contributed by atoms with Crippen molar-refractivity contribution in [2.75, 3.05) is 0 Å². The van der Waals surface area contributed by atoms with Gasteiger partial charge in [0.1, 0.15) is 6.10 Å². The second-order valence-electron chi connectivity index (χ2n) is 12.8. The fraction of sp³-hybridized carbons (Fsp3) is 0.946. The van der Waals surface area contributed by atoms with E-state index in [1.165, 1.54) is 128 Å². The van der Waals surface area contributed by atoms with Crippen LogP contribution in [0.1, 0.15) is 219 Å². The van der Waals surface area contributed by atoms with Crippen molar-refractivity contribution in [3.05, 3.63) is 0 Å². The van der Waals surface area contributed by atoms with Gasteiger partial charge in [0, 0.05) is 12.8 Å². The molecule has 1 N–H and O–H groups in total. The van der Waals surface area contributed by atoms with E-state index in [0.29, 0.717) is 6.42 Å². The number of esters is 1. The zero-order valence-corrected chi connectivity index (χ0v) is 27.9. The van der Waals surface area contributed by atoms with Crippen LogP contribution < -0.4 is 0 Å². The summed E-state index contributed by atoms with van der Waals surface area (Å²) in [5.41, 5.74) is 0. The Kier molecular flexibility index (Phi) is 32.6. The minimum absolute atomic E-state index is 0.00441. The van der Waals surface area contributed by atoms with Crippen LogP contribution >= 0.6 is 0 Å². The number of carbonyl (C=O) groups excluding carboxylic acids is 1. The summed E-state index contributed by atoms with van der Waals surface area (Å²) in [6, 6.07) is 0. The largest absolute Gasteiger partial charge is 0.481 e. The Morgan fingerprint density at radius 2 is 0.732 bits per heavy atom. The Hall–Kier alpha value is -1.06. The van der Waals surface area contributed by atoms with E-state index in [1.54, 1.807) is 0 Å². The predicted molar refractivity (Wildman–Crippen MR) is 177 cm³/mol. The van der Waals surface area contributed by atoms with Crippen molar-refractivity contribution < 1.29 is 19.4 Å². The summed E-state index contributed by atoms with van der Waals surface area (Å²) in [4.78, 5) is 23.2. The maximum Gasteiger partial charge on any atom is 0.306 e. The first-order valence-electron chi connectivity index (χ1n) is 18.5. The van der Waals surface area contributed by atoms with Crippen LogP contribution in [0.5, 0.6) is 0 Å². The lowest BCUT2D eigenvalue weighted by Crippen LogP contribution is -2.18. The highest BCUT2D eigenvalue weighted by Gasteiger charge is 2.14. The fourth-order valence-electron chi connectivity index (χ4n) is 5.83. The lowest BCUT2D eigenvalue weighted by molar-refractivity contribution is -0.150. The first-order valence-corrected chi connectivity index (χ1v) is 18.5. The van der Waals surface area contributed by atoms with Crippen LogP contribution in [0.4, 0.5) is 0 Å². The average Bonchev–Trinajstić information content (AvgIpc) is 2.95. The molecule has 4 heteroatoms. The molecule has 0 aromatic carbocycles. The quantitative estimate of drug-likeness (QED) is 0.0607. The summed E-state index contributed by atoms with van der Waals surface area (Å²) in [7, 11) is 0. The second-order valence-corrected chi connectivity index (χ2v) is 12.8. The molecular formula is C37H72O4.